The van der Waals surface area contributed by atoms with Gasteiger partial charge >= 0.3 is 23.1 Å². The first-order valence-corrected chi connectivity index (χ1v) is 4.14. The summed E-state index contributed by atoms with van der Waals surface area (Å²) in [5.41, 5.74) is 0.608. The van der Waals surface area contributed by atoms with E-state index in [4.69, 9.17) is 0 Å². The summed E-state index contributed by atoms with van der Waals surface area (Å²) >= 11 is 0. The molecule has 1 aliphatic heterocycles. The third kappa shape index (κ3) is 4.77. The van der Waals surface area contributed by atoms with Gasteiger partial charge in [0.1, 0.15) is 0 Å². The SMILES string of the molecule is CC1(C)CCC[N-]C1(C)C.[Cl-].[Li].[Mg+2]. The summed E-state index contributed by atoms with van der Waals surface area (Å²) < 4.78 is 0. The summed E-state index contributed by atoms with van der Waals surface area (Å²) in [7, 11) is 0. The van der Waals surface area contributed by atoms with E-state index in [1.54, 1.807) is 0 Å². The van der Waals surface area contributed by atoms with E-state index in [2.05, 4.69) is 33.0 Å². The maximum Gasteiger partial charge on any atom is 2.00 e. The molecule has 0 saturated carbocycles. The maximum atomic E-state index is 4.61. The van der Waals surface area contributed by atoms with Crippen LogP contribution in [0.5, 0.6) is 0 Å². The smallest absolute Gasteiger partial charge is 1.00 e. The molecular formula is C9H18ClLiMgN. The summed E-state index contributed by atoms with van der Waals surface area (Å²) in [4.78, 5) is 0. The van der Waals surface area contributed by atoms with Gasteiger partial charge in [0.15, 0.2) is 0 Å². The fourth-order valence-corrected chi connectivity index (χ4v) is 1.40. The number of halogens is 1. The Labute approximate surface area is 117 Å². The first-order chi connectivity index (χ1) is 4.46. The average molecular weight is 207 g/mol. The quantitative estimate of drug-likeness (QED) is 0.462. The van der Waals surface area contributed by atoms with E-state index >= 15 is 0 Å². The molecule has 0 aromatic carbocycles. The van der Waals surface area contributed by atoms with Crippen LogP contribution < -0.4 is 12.4 Å². The Morgan fingerprint density at radius 1 is 1.08 bits per heavy atom. The second-order valence-corrected chi connectivity index (χ2v) is 4.43. The average Bonchev–Trinajstić information content (AvgIpc) is 1.77. The molecule has 1 saturated heterocycles. The van der Waals surface area contributed by atoms with Crippen LogP contribution in [0.25, 0.3) is 5.32 Å². The Morgan fingerprint density at radius 3 is 1.77 bits per heavy atom. The molecule has 0 atom stereocenters. The van der Waals surface area contributed by atoms with Crippen molar-refractivity contribution < 1.29 is 12.4 Å². The summed E-state index contributed by atoms with van der Waals surface area (Å²) in [6.45, 7) is 10.2. The molecule has 0 unspecified atom stereocenters. The molecule has 1 rings (SSSR count). The Morgan fingerprint density at radius 2 is 1.54 bits per heavy atom. The predicted molar refractivity (Wildman–Crippen MR) is 56.8 cm³/mol. The first-order valence-electron chi connectivity index (χ1n) is 4.14. The maximum absolute atomic E-state index is 4.61. The van der Waals surface area contributed by atoms with Crippen LogP contribution in [0.1, 0.15) is 40.5 Å². The van der Waals surface area contributed by atoms with Gasteiger partial charge in [0.25, 0.3) is 0 Å². The van der Waals surface area contributed by atoms with Crippen molar-refractivity contribution in [2.24, 2.45) is 5.41 Å². The van der Waals surface area contributed by atoms with Crippen LogP contribution >= 0.6 is 0 Å². The Hall–Kier alpha value is 1.61. The largest absolute Gasteiger partial charge is 2.00 e. The van der Waals surface area contributed by atoms with E-state index in [9.17, 15) is 0 Å². The normalized spacial score (nSPS) is 23.1. The van der Waals surface area contributed by atoms with Crippen molar-refractivity contribution in [3.63, 3.8) is 0 Å². The summed E-state index contributed by atoms with van der Waals surface area (Å²) in [5, 5.41) is 4.61. The van der Waals surface area contributed by atoms with Crippen LogP contribution in [0.3, 0.4) is 0 Å². The van der Waals surface area contributed by atoms with Crippen molar-refractivity contribution in [1.29, 1.82) is 0 Å². The number of piperidine rings is 1. The molecule has 1 fully saturated rings. The van der Waals surface area contributed by atoms with Gasteiger partial charge in [0.05, 0.1) is 0 Å². The van der Waals surface area contributed by atoms with Crippen molar-refractivity contribution in [2.75, 3.05) is 6.54 Å². The molecule has 1 heterocycles. The molecule has 1 radical (unpaired) electrons. The van der Waals surface area contributed by atoms with Crippen LogP contribution in [0.2, 0.25) is 0 Å². The van der Waals surface area contributed by atoms with Gasteiger partial charge < -0.3 is 17.7 Å². The second-order valence-electron chi connectivity index (χ2n) is 4.43. The van der Waals surface area contributed by atoms with Gasteiger partial charge in [-0.1, -0.05) is 40.5 Å². The molecule has 0 N–H and O–H groups in total. The monoisotopic (exact) mass is 206 g/mol. The van der Waals surface area contributed by atoms with E-state index in [0.717, 1.165) is 6.54 Å². The molecule has 0 aromatic heterocycles. The van der Waals surface area contributed by atoms with E-state index in [0.29, 0.717) is 5.41 Å². The van der Waals surface area contributed by atoms with Gasteiger partial charge in [0, 0.05) is 18.9 Å². The molecule has 13 heavy (non-hydrogen) atoms. The molecule has 1 aliphatic rings. The van der Waals surface area contributed by atoms with Crippen LogP contribution in [-0.4, -0.2) is 54.0 Å². The molecule has 1 nitrogen and oxygen atoms in total. The topological polar surface area (TPSA) is 14.1 Å². The van der Waals surface area contributed by atoms with Crippen LogP contribution in [0, 0.1) is 5.41 Å². The standard InChI is InChI=1S/C9H18N.ClH.Li.Mg/c1-8(2)6-5-7-10-9(8,3)4;;;/h5-7H2,1-4H3;1H;;/q-1;;;+2/p-1. The Kier molecular flexibility index (Phi) is 10.8. The van der Waals surface area contributed by atoms with Crippen LogP contribution in [0.15, 0.2) is 0 Å². The summed E-state index contributed by atoms with van der Waals surface area (Å²) in [6, 6.07) is 0. The van der Waals surface area contributed by atoms with Gasteiger partial charge in [0.2, 0.25) is 0 Å². The van der Waals surface area contributed by atoms with Gasteiger partial charge in [-0.05, 0) is 5.41 Å². The third-order valence-corrected chi connectivity index (χ3v) is 3.12. The van der Waals surface area contributed by atoms with Gasteiger partial charge in [-0.2, -0.15) is 0 Å². The van der Waals surface area contributed by atoms with Gasteiger partial charge in [-0.3, -0.25) is 0 Å². The van der Waals surface area contributed by atoms with E-state index < -0.39 is 0 Å². The van der Waals surface area contributed by atoms with Crippen molar-refractivity contribution >= 4 is 41.9 Å². The number of rotatable bonds is 0. The number of hydrogen-bond donors (Lipinski definition) is 0. The zero-order valence-electron chi connectivity index (χ0n) is 9.65. The minimum Gasteiger partial charge on any atom is -1.00 e. The second kappa shape index (κ2) is 6.98. The molecule has 4 heteroatoms. The molecule has 0 aromatic rings. The molecule has 0 bridgehead atoms. The van der Waals surface area contributed by atoms with Crippen LogP contribution in [0.4, 0.5) is 0 Å². The minimum atomic E-state index is 0. The van der Waals surface area contributed by atoms with Crippen molar-refractivity contribution in [1.82, 2.24) is 0 Å². The van der Waals surface area contributed by atoms with Gasteiger partial charge in [-0.25, -0.2) is 0 Å². The summed E-state index contributed by atoms with van der Waals surface area (Å²) in [5.74, 6) is 0. The zero-order chi connectivity index (χ0) is 7.83. The fraction of sp³-hybridized carbons (Fsp3) is 1.00. The summed E-state index contributed by atoms with van der Waals surface area (Å²) in [6.07, 6.45) is 2.60. The predicted octanol–water partition coefficient (Wildman–Crippen LogP) is -0.799. The van der Waals surface area contributed by atoms with Crippen molar-refractivity contribution in [2.45, 2.75) is 46.1 Å². The van der Waals surface area contributed by atoms with Crippen LogP contribution in [-0.2, 0) is 0 Å². The molecule has 0 spiro atoms. The third-order valence-electron chi connectivity index (χ3n) is 3.12. The fourth-order valence-electron chi connectivity index (χ4n) is 1.40. The van der Waals surface area contributed by atoms with E-state index in [1.807, 2.05) is 0 Å². The Balaban J connectivity index is -0.000000333. The van der Waals surface area contributed by atoms with Crippen molar-refractivity contribution in [3.05, 3.63) is 5.32 Å². The number of hydrogen-bond acceptors (Lipinski definition) is 0. The number of nitrogens with zero attached hydrogens (tertiary/aromatic N) is 1. The van der Waals surface area contributed by atoms with Gasteiger partial charge in [-0.15, -0.1) is 12.1 Å². The molecule has 0 amide bonds. The van der Waals surface area contributed by atoms with E-state index in [1.165, 1.54) is 12.8 Å². The first kappa shape index (κ1) is 20.1. The van der Waals surface area contributed by atoms with Crippen molar-refractivity contribution in [3.8, 4) is 0 Å². The molecular weight excluding hydrogens is 189 g/mol. The van der Waals surface area contributed by atoms with E-state index in [-0.39, 0.29) is 59.9 Å². The zero-order valence-corrected chi connectivity index (χ0v) is 11.8. The minimum absolute atomic E-state index is 0. The Bertz CT molecular complexity index is 124. The molecule has 69 valence electrons. The molecule has 0 aliphatic carbocycles.